The third kappa shape index (κ3) is 9.80. The molecule has 4 aromatic rings. The summed E-state index contributed by atoms with van der Waals surface area (Å²) in [4.78, 5) is 44.6. The third-order valence-electron chi connectivity index (χ3n) is 9.32. The van der Waals surface area contributed by atoms with Gasteiger partial charge in [-0.1, -0.05) is 30.3 Å². The highest BCUT2D eigenvalue weighted by molar-refractivity contribution is 7.85. The number of hydrogen-bond acceptors (Lipinski definition) is 12. The number of nitrogens with one attached hydrogen (secondary N) is 2. The number of methoxy groups -OCH3 is 2. The van der Waals surface area contributed by atoms with Gasteiger partial charge in [0.2, 0.25) is 5.91 Å². The van der Waals surface area contributed by atoms with Crippen molar-refractivity contribution in [2.75, 3.05) is 27.3 Å². The van der Waals surface area contributed by atoms with Crippen LogP contribution in [0.3, 0.4) is 0 Å². The van der Waals surface area contributed by atoms with Gasteiger partial charge in [0, 0.05) is 25.4 Å². The number of ether oxygens (including phenoxy) is 3. The van der Waals surface area contributed by atoms with Crippen LogP contribution in [0.1, 0.15) is 54.1 Å². The highest BCUT2D eigenvalue weighted by Gasteiger charge is 2.47. The molecule has 55 heavy (non-hydrogen) atoms. The number of likely N-dealkylation sites (tertiary alicyclic amines) is 1. The molecule has 1 aliphatic rings. The predicted molar refractivity (Wildman–Crippen MR) is 198 cm³/mol. The molecule has 1 aromatic heterocycles. The lowest BCUT2D eigenvalue weighted by atomic mass is 9.81. The summed E-state index contributed by atoms with van der Waals surface area (Å²) >= 11 is 0. The number of benzene rings is 3. The molecule has 0 radical (unpaired) electrons. The van der Waals surface area contributed by atoms with Crippen LogP contribution < -0.4 is 25.0 Å². The van der Waals surface area contributed by atoms with Gasteiger partial charge < -0.3 is 24.4 Å². The Morgan fingerprint density at radius 1 is 0.982 bits per heavy atom. The summed E-state index contributed by atoms with van der Waals surface area (Å²) < 4.78 is 49.1. The smallest absolute Gasteiger partial charge is 0.294 e. The fraction of sp³-hybridized carbons (Fsp3) is 0.316. The monoisotopic (exact) mass is 774 g/mol. The van der Waals surface area contributed by atoms with E-state index in [1.54, 1.807) is 49.0 Å². The van der Waals surface area contributed by atoms with Crippen LogP contribution in [0.15, 0.2) is 100 Å². The van der Waals surface area contributed by atoms with Crippen LogP contribution in [0.4, 0.5) is 5.82 Å². The molecule has 3 amide bonds. The average Bonchev–Trinajstić information content (AvgIpc) is 3.49. The Kier molecular flexibility index (Phi) is 13.1. The molecule has 16 nitrogen and oxygen atoms in total. The minimum Gasteiger partial charge on any atom is -0.493 e. The summed E-state index contributed by atoms with van der Waals surface area (Å²) in [5, 5.41) is 20.2. The molecule has 2 heterocycles. The van der Waals surface area contributed by atoms with E-state index in [0.29, 0.717) is 48.8 Å². The molecule has 1 aliphatic heterocycles. The first kappa shape index (κ1) is 40.3. The molecule has 0 aliphatic carbocycles. The van der Waals surface area contributed by atoms with Crippen molar-refractivity contribution < 1.29 is 46.8 Å². The normalized spacial score (nSPS) is 16.2. The summed E-state index contributed by atoms with van der Waals surface area (Å²) in [6.07, 6.45) is 3.01. The molecule has 5 rings (SSSR count). The number of unbranched alkanes of at least 4 members (excludes halogenated alkanes) is 1. The van der Waals surface area contributed by atoms with Crippen LogP contribution in [-0.4, -0.2) is 79.1 Å². The summed E-state index contributed by atoms with van der Waals surface area (Å²) in [6.45, 7) is 2.32. The molecule has 2 atom stereocenters. The van der Waals surface area contributed by atoms with Crippen LogP contribution in [-0.2, 0) is 31.7 Å². The first-order valence-electron chi connectivity index (χ1n) is 17.3. The maximum Gasteiger partial charge on any atom is 0.294 e. The number of carbonyl (C=O) groups excluding carboxylic acids is 3. The van der Waals surface area contributed by atoms with E-state index < -0.39 is 27.5 Å². The zero-order valence-corrected chi connectivity index (χ0v) is 31.3. The summed E-state index contributed by atoms with van der Waals surface area (Å²) in [5.41, 5.74) is 2.10. The minimum atomic E-state index is -4.41. The van der Waals surface area contributed by atoms with E-state index in [2.05, 4.69) is 20.5 Å². The Bertz CT molecular complexity index is 2130. The zero-order chi connectivity index (χ0) is 39.6. The zero-order valence-electron chi connectivity index (χ0n) is 30.5. The number of aromatic nitrogens is 1. The fourth-order valence-corrected chi connectivity index (χ4v) is 6.98. The summed E-state index contributed by atoms with van der Waals surface area (Å²) in [5.74, 6) is 1.09. The molecule has 17 heteroatoms. The second-order valence-corrected chi connectivity index (χ2v) is 14.2. The average molecular weight is 775 g/mol. The third-order valence-corrected chi connectivity index (χ3v) is 10.3. The van der Waals surface area contributed by atoms with E-state index in [1.807, 2.05) is 19.1 Å². The van der Waals surface area contributed by atoms with Crippen LogP contribution in [0.5, 0.6) is 23.0 Å². The van der Waals surface area contributed by atoms with Crippen molar-refractivity contribution in [3.05, 3.63) is 102 Å². The minimum absolute atomic E-state index is 0.112. The molecule has 0 bridgehead atoms. The van der Waals surface area contributed by atoms with Crippen LogP contribution >= 0.6 is 0 Å². The van der Waals surface area contributed by atoms with Gasteiger partial charge in [0.05, 0.1) is 36.6 Å². The van der Waals surface area contributed by atoms with Crippen molar-refractivity contribution in [1.82, 2.24) is 20.7 Å². The van der Waals surface area contributed by atoms with Gasteiger partial charge in [0.1, 0.15) is 17.5 Å². The number of azo groups is 1. The van der Waals surface area contributed by atoms with E-state index in [1.165, 1.54) is 48.5 Å². The molecule has 290 valence electrons. The van der Waals surface area contributed by atoms with Gasteiger partial charge in [-0.2, -0.15) is 13.5 Å². The van der Waals surface area contributed by atoms with Crippen molar-refractivity contribution in [2.45, 2.75) is 55.5 Å². The largest absolute Gasteiger partial charge is 0.493 e. The lowest BCUT2D eigenvalue weighted by molar-refractivity contribution is -0.144. The first-order chi connectivity index (χ1) is 26.4. The summed E-state index contributed by atoms with van der Waals surface area (Å²) in [6, 6.07) is 20.4. The van der Waals surface area contributed by atoms with Crippen molar-refractivity contribution in [2.24, 2.45) is 10.2 Å². The molecule has 4 N–H and O–H groups in total. The Morgan fingerprint density at radius 3 is 2.38 bits per heavy atom. The number of nitrogens with zero attached hydrogens (tertiary/aromatic N) is 4. The maximum absolute atomic E-state index is 13.8. The number of hydrogen-bond donors (Lipinski definition) is 4. The Morgan fingerprint density at radius 2 is 1.71 bits per heavy atom. The van der Waals surface area contributed by atoms with E-state index >= 15 is 0 Å². The second kappa shape index (κ2) is 17.9. The van der Waals surface area contributed by atoms with E-state index in [0.717, 1.165) is 5.56 Å². The van der Waals surface area contributed by atoms with E-state index in [4.69, 9.17) is 14.2 Å². The van der Waals surface area contributed by atoms with Gasteiger partial charge in [0.25, 0.3) is 21.9 Å². The Balaban J connectivity index is 1.10. The van der Waals surface area contributed by atoms with Gasteiger partial charge in [-0.05, 0) is 86.2 Å². The van der Waals surface area contributed by atoms with E-state index in [9.17, 15) is 32.6 Å². The number of carbonyl (C=O) groups is 3. The molecule has 1 saturated heterocycles. The molecule has 0 spiro atoms. The molecule has 0 unspecified atom stereocenters. The Labute approximate surface area is 318 Å². The number of pyridine rings is 1. The quantitative estimate of drug-likeness (QED) is 0.0351. The molecule has 1 fully saturated rings. The van der Waals surface area contributed by atoms with Gasteiger partial charge in [-0.15, -0.1) is 5.11 Å². The lowest BCUT2D eigenvalue weighted by Gasteiger charge is -2.29. The lowest BCUT2D eigenvalue weighted by Crippen LogP contribution is -2.49. The maximum atomic E-state index is 13.8. The highest BCUT2D eigenvalue weighted by atomic mass is 32.2. The van der Waals surface area contributed by atoms with Crippen LogP contribution in [0.2, 0.25) is 0 Å². The molecular formula is C38H42N6O10S. The Hall–Kier alpha value is -5.91. The van der Waals surface area contributed by atoms with Gasteiger partial charge in [-0.3, -0.25) is 24.1 Å². The highest BCUT2D eigenvalue weighted by Crippen LogP contribution is 2.39. The molecule has 0 saturated carbocycles. The van der Waals surface area contributed by atoms with E-state index in [-0.39, 0.29) is 53.2 Å². The predicted octanol–water partition coefficient (Wildman–Crippen LogP) is 5.39. The number of amides is 3. The van der Waals surface area contributed by atoms with Gasteiger partial charge >= 0.3 is 0 Å². The molecular weight excluding hydrogens is 733 g/mol. The van der Waals surface area contributed by atoms with Gasteiger partial charge in [-0.25, -0.2) is 10.5 Å². The van der Waals surface area contributed by atoms with Crippen molar-refractivity contribution in [1.29, 1.82) is 0 Å². The SMILES string of the molecule is COc1ccc(Oc2ccc([C@]3(C)CCN([C@H](CCCCNC(=O)c4ccc(N=NCc5ccccc5S(=O)(=O)O)nc4)C(=O)NO)C3=O)cc2)cc1OC. The first-order valence-corrected chi connectivity index (χ1v) is 18.7. The topological polar surface area (TPSA) is 218 Å². The second-order valence-electron chi connectivity index (χ2n) is 12.9. The van der Waals surface area contributed by atoms with Crippen molar-refractivity contribution >= 4 is 33.7 Å². The van der Waals surface area contributed by atoms with Crippen LogP contribution in [0.25, 0.3) is 0 Å². The molecule has 3 aromatic carbocycles. The standard InChI is InChI=1S/C38H42N6O10S/c1-38(27-12-14-28(15-13-27)54-29-16-17-31(52-2)32(22-29)53-3)19-21-44(37(38)47)30(36(46)43-48)9-6-7-20-39-35(45)26-11-18-34(40-23-26)42-41-24-25-8-4-5-10-33(25)55(49,50)51/h4-5,8,10-18,22-23,30,48H,6-7,9,19-21,24H2,1-3H3,(H,39,45)(H,43,46)(H,49,50,51)/t30-,38+/m1/s1. The van der Waals surface area contributed by atoms with Crippen molar-refractivity contribution in [3.8, 4) is 23.0 Å². The summed E-state index contributed by atoms with van der Waals surface area (Å²) in [7, 11) is -1.32. The number of hydroxylamine groups is 1. The number of rotatable bonds is 17. The van der Waals surface area contributed by atoms with Crippen LogP contribution in [0, 0.1) is 0 Å². The van der Waals surface area contributed by atoms with Gasteiger partial charge in [0.15, 0.2) is 17.3 Å². The van der Waals surface area contributed by atoms with Crippen molar-refractivity contribution in [3.63, 3.8) is 0 Å². The fourth-order valence-electron chi connectivity index (χ4n) is 6.26.